The van der Waals surface area contributed by atoms with Crippen LogP contribution in [0, 0.1) is 0 Å². The van der Waals surface area contributed by atoms with Gasteiger partial charge in [0.2, 0.25) is 0 Å². The molecule has 1 aliphatic heterocycles. The van der Waals surface area contributed by atoms with Gasteiger partial charge in [-0.05, 0) is 36.4 Å². The number of sulfonamides is 1. The van der Waals surface area contributed by atoms with Gasteiger partial charge >= 0.3 is 0 Å². The van der Waals surface area contributed by atoms with Crippen molar-refractivity contribution in [2.75, 3.05) is 5.32 Å². The summed E-state index contributed by atoms with van der Waals surface area (Å²) < 4.78 is 25.9. The predicted octanol–water partition coefficient (Wildman–Crippen LogP) is 3.02. The van der Waals surface area contributed by atoms with Crippen molar-refractivity contribution in [2.24, 2.45) is 0 Å². The molecule has 9 heteroatoms. The molecule has 2 heterocycles. The van der Waals surface area contributed by atoms with Crippen LogP contribution < -0.4 is 10.1 Å². The molecule has 0 saturated carbocycles. The van der Waals surface area contributed by atoms with Crippen LogP contribution in [-0.2, 0) is 10.0 Å². The molecule has 1 aliphatic rings. The Balaban J connectivity index is 1.60. The Labute approximate surface area is 172 Å². The van der Waals surface area contributed by atoms with E-state index in [0.717, 1.165) is 10.5 Å². The molecule has 0 unspecified atom stereocenters. The summed E-state index contributed by atoms with van der Waals surface area (Å²) in [7, 11) is -3.99. The van der Waals surface area contributed by atoms with Crippen LogP contribution in [-0.4, -0.2) is 29.3 Å². The molecule has 0 bridgehead atoms. The fourth-order valence-corrected chi connectivity index (χ4v) is 4.49. The van der Waals surface area contributed by atoms with Gasteiger partial charge in [-0.3, -0.25) is 4.79 Å². The topological polar surface area (TPSA) is 107 Å². The second kappa shape index (κ2) is 6.97. The number of carbonyl (C=O) groups is 1. The van der Waals surface area contributed by atoms with Crippen molar-refractivity contribution < 1.29 is 13.2 Å². The maximum absolute atomic E-state index is 13.2. The molecule has 3 aromatic carbocycles. The number of nitrogens with one attached hydrogen (secondary N) is 3. The van der Waals surface area contributed by atoms with E-state index in [9.17, 15) is 13.2 Å². The summed E-state index contributed by atoms with van der Waals surface area (Å²) in [5.74, 6) is -0.0656. The normalized spacial score (nSPS) is 16.3. The number of nitrogens with zero attached hydrogens (tertiary/aromatic N) is 2. The van der Waals surface area contributed by atoms with E-state index in [1.807, 2.05) is 24.3 Å². The van der Waals surface area contributed by atoms with E-state index in [2.05, 4.69) is 20.1 Å². The number of hydrogen-bond donors (Lipinski definition) is 3. The predicted molar refractivity (Wildman–Crippen MR) is 112 cm³/mol. The minimum atomic E-state index is -3.99. The number of H-pyrrole nitrogens is 1. The van der Waals surface area contributed by atoms with Crippen molar-refractivity contribution in [2.45, 2.75) is 11.1 Å². The largest absolute Gasteiger partial charge is 0.357 e. The fraction of sp³-hybridized carbons (Fsp3) is 0.0476. The summed E-state index contributed by atoms with van der Waals surface area (Å²) in [6.45, 7) is 0. The summed E-state index contributed by atoms with van der Waals surface area (Å²) in [4.78, 5) is 23.4. The van der Waals surface area contributed by atoms with Crippen molar-refractivity contribution in [1.82, 2.24) is 19.8 Å². The molecule has 3 N–H and O–H groups in total. The molecule has 0 saturated heterocycles. The van der Waals surface area contributed by atoms with Crippen LogP contribution >= 0.6 is 0 Å². The zero-order chi connectivity index (χ0) is 20.7. The third-order valence-electron chi connectivity index (χ3n) is 4.87. The average molecular weight is 419 g/mol. The minimum absolute atomic E-state index is 0.0556. The third-order valence-corrected chi connectivity index (χ3v) is 6.20. The highest BCUT2D eigenvalue weighted by Gasteiger charge is 2.37. The zero-order valence-corrected chi connectivity index (χ0v) is 16.4. The van der Waals surface area contributed by atoms with Gasteiger partial charge in [-0.1, -0.05) is 42.5 Å². The van der Waals surface area contributed by atoms with E-state index >= 15 is 0 Å². The van der Waals surface area contributed by atoms with E-state index in [0.29, 0.717) is 22.6 Å². The molecule has 150 valence electrons. The smallest absolute Gasteiger partial charge is 0.273 e. The number of amides is 1. The lowest BCUT2D eigenvalue weighted by Gasteiger charge is -2.36. The number of fused-ring (bicyclic) bond motifs is 2. The average Bonchev–Trinajstić information content (AvgIpc) is 3.20. The van der Waals surface area contributed by atoms with Gasteiger partial charge in [0.1, 0.15) is 0 Å². The van der Waals surface area contributed by atoms with Crippen LogP contribution in [0.2, 0.25) is 0 Å². The first-order chi connectivity index (χ1) is 14.5. The lowest BCUT2D eigenvalue weighted by Crippen LogP contribution is -2.53. The van der Waals surface area contributed by atoms with Crippen LogP contribution in [0.1, 0.15) is 22.3 Å². The number of carbonyl (C=O) groups excluding carboxylic acids is 1. The van der Waals surface area contributed by atoms with Crippen LogP contribution in [0.5, 0.6) is 0 Å². The Morgan fingerprint density at radius 1 is 0.900 bits per heavy atom. The summed E-state index contributed by atoms with van der Waals surface area (Å²) in [5, 5.41) is 4.27. The molecule has 5 rings (SSSR count). The maximum Gasteiger partial charge on any atom is 0.273 e. The first-order valence-corrected chi connectivity index (χ1v) is 10.7. The van der Waals surface area contributed by atoms with Crippen molar-refractivity contribution in [3.05, 3.63) is 90.3 Å². The number of anilines is 1. The van der Waals surface area contributed by atoms with E-state index in [1.54, 1.807) is 42.5 Å². The molecule has 8 nitrogen and oxygen atoms in total. The number of rotatable bonds is 4. The molecule has 1 amide bonds. The number of benzene rings is 3. The Morgan fingerprint density at radius 3 is 2.40 bits per heavy atom. The van der Waals surface area contributed by atoms with E-state index in [-0.39, 0.29) is 4.90 Å². The van der Waals surface area contributed by atoms with E-state index < -0.39 is 22.1 Å². The highest BCUT2D eigenvalue weighted by Crippen LogP contribution is 2.32. The number of para-hydroxylation sites is 3. The zero-order valence-electron chi connectivity index (χ0n) is 15.6. The monoisotopic (exact) mass is 419 g/mol. The summed E-state index contributed by atoms with van der Waals surface area (Å²) in [5.41, 5.74) is 2.46. The molecule has 0 spiro atoms. The lowest BCUT2D eigenvalue weighted by atomic mass is 10.1. The molecule has 0 fully saturated rings. The molecule has 1 aromatic heterocycles. The second-order valence-corrected chi connectivity index (χ2v) is 8.48. The Kier molecular flexibility index (Phi) is 4.27. The standard InChI is InChI=1S/C21H17N5O3S/c27-21-15-10-4-5-11-16(15)24-20(19-22-17-12-6-7-13-18(17)23-19)26(21)25-30(28,29)14-8-2-1-3-9-14/h1-13,20,24-25H,(H,22,23)/t20-/m0/s1. The fourth-order valence-electron chi connectivity index (χ4n) is 3.42. The van der Waals surface area contributed by atoms with Crippen LogP contribution in [0.3, 0.4) is 0 Å². The number of hydrazine groups is 1. The lowest BCUT2D eigenvalue weighted by molar-refractivity contribution is 0.0625. The van der Waals surface area contributed by atoms with Gasteiger partial charge in [-0.2, -0.15) is 0 Å². The summed E-state index contributed by atoms with van der Waals surface area (Å²) >= 11 is 0. The van der Waals surface area contributed by atoms with Gasteiger partial charge in [-0.25, -0.2) is 18.4 Å². The molecule has 0 aliphatic carbocycles. The summed E-state index contributed by atoms with van der Waals surface area (Å²) in [6, 6.07) is 22.3. The Hall–Kier alpha value is -3.69. The minimum Gasteiger partial charge on any atom is -0.357 e. The quantitative estimate of drug-likeness (QED) is 0.471. The van der Waals surface area contributed by atoms with E-state index in [1.165, 1.54) is 12.1 Å². The summed E-state index contributed by atoms with van der Waals surface area (Å²) in [6.07, 6.45) is -0.863. The number of aromatic amines is 1. The van der Waals surface area contributed by atoms with Gasteiger partial charge in [0.25, 0.3) is 15.9 Å². The number of imidazole rings is 1. The first-order valence-electron chi connectivity index (χ1n) is 9.24. The van der Waals surface area contributed by atoms with Crippen LogP contribution in [0.15, 0.2) is 83.8 Å². The Morgan fingerprint density at radius 2 is 1.60 bits per heavy atom. The molecular weight excluding hydrogens is 402 g/mol. The van der Waals surface area contributed by atoms with E-state index in [4.69, 9.17) is 0 Å². The van der Waals surface area contributed by atoms with Crippen LogP contribution in [0.25, 0.3) is 11.0 Å². The van der Waals surface area contributed by atoms with Gasteiger partial charge in [0, 0.05) is 5.69 Å². The van der Waals surface area contributed by atoms with Crippen LogP contribution in [0.4, 0.5) is 5.69 Å². The molecule has 30 heavy (non-hydrogen) atoms. The molecule has 1 atom stereocenters. The highest BCUT2D eigenvalue weighted by molar-refractivity contribution is 7.89. The number of hydrogen-bond acceptors (Lipinski definition) is 5. The first kappa shape index (κ1) is 18.3. The van der Waals surface area contributed by atoms with Crippen molar-refractivity contribution in [3.8, 4) is 0 Å². The molecule has 4 aromatic rings. The van der Waals surface area contributed by atoms with Crippen molar-refractivity contribution >= 4 is 32.7 Å². The number of aromatic nitrogens is 2. The van der Waals surface area contributed by atoms with Gasteiger partial charge in [0.15, 0.2) is 12.0 Å². The third kappa shape index (κ3) is 3.10. The molecule has 0 radical (unpaired) electrons. The van der Waals surface area contributed by atoms with Crippen molar-refractivity contribution in [3.63, 3.8) is 0 Å². The maximum atomic E-state index is 13.2. The van der Waals surface area contributed by atoms with Gasteiger partial charge in [0.05, 0.1) is 21.5 Å². The highest BCUT2D eigenvalue weighted by atomic mass is 32.2. The Bertz CT molecular complexity index is 1320. The molecular formula is C21H17N5O3S. The van der Waals surface area contributed by atoms with Gasteiger partial charge < -0.3 is 10.3 Å². The second-order valence-electron chi connectivity index (χ2n) is 6.81. The van der Waals surface area contributed by atoms with Crippen molar-refractivity contribution in [1.29, 1.82) is 0 Å². The van der Waals surface area contributed by atoms with Gasteiger partial charge in [-0.15, -0.1) is 4.83 Å². The SMILES string of the molecule is O=C1c2ccccc2N[C@H](c2nc3ccccc3[nH]2)N1NS(=O)(=O)c1ccccc1.